The van der Waals surface area contributed by atoms with E-state index in [1.807, 2.05) is 6.07 Å². The van der Waals surface area contributed by atoms with E-state index >= 15 is 0 Å². The highest BCUT2D eigenvalue weighted by atomic mass is 79.9. The third-order valence-corrected chi connectivity index (χ3v) is 3.12. The minimum Gasteiger partial charge on any atom is -0.493 e. The highest BCUT2D eigenvalue weighted by Crippen LogP contribution is 2.32. The normalized spacial score (nSPS) is 13.6. The molecule has 2 N–H and O–H groups in total. The van der Waals surface area contributed by atoms with Gasteiger partial charge >= 0.3 is 5.97 Å². The molecule has 0 fully saturated rings. The highest BCUT2D eigenvalue weighted by molar-refractivity contribution is 9.10. The quantitative estimate of drug-likeness (QED) is 0.646. The van der Waals surface area contributed by atoms with Crippen molar-refractivity contribution < 1.29 is 14.6 Å². The van der Waals surface area contributed by atoms with Crippen molar-refractivity contribution in [2.45, 2.75) is 13.0 Å². The van der Waals surface area contributed by atoms with Crippen molar-refractivity contribution in [3.05, 3.63) is 39.9 Å². The Hall–Kier alpha value is -1.33. The molecule has 2 rings (SSSR count). The molecule has 0 spiro atoms. The molecule has 1 aliphatic rings. The summed E-state index contributed by atoms with van der Waals surface area (Å²) in [7, 11) is 0. The number of aliphatic carboxylic acids is 1. The SMILES string of the molecule is O=C(O)/C=C/CNCc1cc(Br)cc2c1OCC2. The molecule has 0 saturated carbocycles. The van der Waals surface area contributed by atoms with Crippen molar-refractivity contribution in [1.29, 1.82) is 0 Å². The lowest BCUT2D eigenvalue weighted by molar-refractivity contribution is -0.131. The maximum Gasteiger partial charge on any atom is 0.328 e. The van der Waals surface area contributed by atoms with Crippen molar-refractivity contribution in [2.24, 2.45) is 0 Å². The molecule has 0 aromatic heterocycles. The van der Waals surface area contributed by atoms with Crippen molar-refractivity contribution in [3.63, 3.8) is 0 Å². The summed E-state index contributed by atoms with van der Waals surface area (Å²) >= 11 is 3.48. The summed E-state index contributed by atoms with van der Waals surface area (Å²) < 4.78 is 6.65. The number of nitrogens with one attached hydrogen (secondary N) is 1. The summed E-state index contributed by atoms with van der Waals surface area (Å²) in [4.78, 5) is 10.3. The molecule has 0 amide bonds. The zero-order chi connectivity index (χ0) is 13.0. The second-order valence-electron chi connectivity index (χ2n) is 4.02. The number of ether oxygens (including phenoxy) is 1. The number of carboxylic acids is 1. The monoisotopic (exact) mass is 311 g/mol. The summed E-state index contributed by atoms with van der Waals surface area (Å²) in [5, 5.41) is 11.6. The number of halogens is 1. The number of benzene rings is 1. The van der Waals surface area contributed by atoms with Gasteiger partial charge in [0, 0.05) is 35.6 Å². The van der Waals surface area contributed by atoms with Crippen LogP contribution in [0.15, 0.2) is 28.8 Å². The van der Waals surface area contributed by atoms with Crippen molar-refractivity contribution in [3.8, 4) is 5.75 Å². The molecule has 5 heteroatoms. The van der Waals surface area contributed by atoms with Crippen molar-refractivity contribution in [2.75, 3.05) is 13.2 Å². The Bertz CT molecular complexity index is 485. The van der Waals surface area contributed by atoms with Crippen LogP contribution in [-0.4, -0.2) is 24.2 Å². The number of carbonyl (C=O) groups is 1. The summed E-state index contributed by atoms with van der Waals surface area (Å²) in [5.74, 6) is 0.0383. The number of fused-ring (bicyclic) bond motifs is 1. The Morgan fingerprint density at radius 1 is 1.56 bits per heavy atom. The fourth-order valence-corrected chi connectivity index (χ4v) is 2.48. The van der Waals surface area contributed by atoms with E-state index in [2.05, 4.69) is 27.3 Å². The van der Waals surface area contributed by atoms with Gasteiger partial charge in [0.25, 0.3) is 0 Å². The molecule has 1 aromatic rings. The largest absolute Gasteiger partial charge is 0.493 e. The molecular formula is C13H14BrNO3. The maximum absolute atomic E-state index is 10.3. The van der Waals surface area contributed by atoms with E-state index in [1.165, 1.54) is 5.56 Å². The minimum atomic E-state index is -0.927. The van der Waals surface area contributed by atoms with Crippen LogP contribution in [0.4, 0.5) is 0 Å². The zero-order valence-electron chi connectivity index (χ0n) is 9.78. The molecule has 0 bridgehead atoms. The lowest BCUT2D eigenvalue weighted by atomic mass is 10.1. The third kappa shape index (κ3) is 3.34. The van der Waals surface area contributed by atoms with E-state index < -0.39 is 5.97 Å². The van der Waals surface area contributed by atoms with Crippen LogP contribution >= 0.6 is 15.9 Å². The van der Waals surface area contributed by atoms with Gasteiger partial charge in [-0.25, -0.2) is 4.79 Å². The molecule has 0 unspecified atom stereocenters. The molecule has 4 nitrogen and oxygen atoms in total. The van der Waals surface area contributed by atoms with Crippen LogP contribution in [0, 0.1) is 0 Å². The predicted octanol–water partition coefficient (Wildman–Crippen LogP) is 2.11. The Kier molecular flexibility index (Phi) is 4.38. The summed E-state index contributed by atoms with van der Waals surface area (Å²) in [6, 6.07) is 4.11. The van der Waals surface area contributed by atoms with Gasteiger partial charge in [0.1, 0.15) is 5.75 Å². The summed E-state index contributed by atoms with van der Waals surface area (Å²) in [6.07, 6.45) is 3.66. The minimum absolute atomic E-state index is 0.521. The predicted molar refractivity (Wildman–Crippen MR) is 71.8 cm³/mol. The van der Waals surface area contributed by atoms with Crippen LogP contribution in [-0.2, 0) is 17.8 Å². The first kappa shape index (κ1) is 13.1. The average molecular weight is 312 g/mol. The van der Waals surface area contributed by atoms with Crippen LogP contribution in [0.1, 0.15) is 11.1 Å². The van der Waals surface area contributed by atoms with Gasteiger partial charge in [-0.05, 0) is 17.7 Å². The summed E-state index contributed by atoms with van der Waals surface area (Å²) in [5.41, 5.74) is 2.32. The second-order valence-corrected chi connectivity index (χ2v) is 4.94. The maximum atomic E-state index is 10.3. The highest BCUT2D eigenvalue weighted by Gasteiger charge is 2.16. The van der Waals surface area contributed by atoms with E-state index in [1.54, 1.807) is 6.08 Å². The fraction of sp³-hybridized carbons (Fsp3) is 0.308. The number of hydrogen-bond acceptors (Lipinski definition) is 3. The van der Waals surface area contributed by atoms with Crippen LogP contribution < -0.4 is 10.1 Å². The zero-order valence-corrected chi connectivity index (χ0v) is 11.4. The van der Waals surface area contributed by atoms with Crippen LogP contribution in [0.3, 0.4) is 0 Å². The standard InChI is InChI=1S/C13H14BrNO3/c14-11-6-9-3-5-18-13(9)10(7-11)8-15-4-1-2-12(16)17/h1-2,6-7,15H,3-5,8H2,(H,16,17)/b2-1+. The number of hydrogen-bond donors (Lipinski definition) is 2. The topological polar surface area (TPSA) is 58.6 Å². The van der Waals surface area contributed by atoms with E-state index in [-0.39, 0.29) is 0 Å². The second kappa shape index (κ2) is 6.02. The first-order chi connectivity index (χ1) is 8.66. The van der Waals surface area contributed by atoms with Gasteiger partial charge in [-0.2, -0.15) is 0 Å². The third-order valence-electron chi connectivity index (χ3n) is 2.66. The van der Waals surface area contributed by atoms with Crippen molar-refractivity contribution in [1.82, 2.24) is 5.32 Å². The van der Waals surface area contributed by atoms with E-state index in [0.717, 1.165) is 34.9 Å². The number of rotatable bonds is 5. The first-order valence-electron chi connectivity index (χ1n) is 5.71. The van der Waals surface area contributed by atoms with Gasteiger partial charge < -0.3 is 15.2 Å². The molecule has 1 aliphatic heterocycles. The van der Waals surface area contributed by atoms with E-state index in [9.17, 15) is 4.79 Å². The van der Waals surface area contributed by atoms with E-state index in [4.69, 9.17) is 9.84 Å². The molecule has 0 radical (unpaired) electrons. The Morgan fingerprint density at radius 3 is 3.17 bits per heavy atom. The van der Waals surface area contributed by atoms with Crippen LogP contribution in [0.5, 0.6) is 5.75 Å². The van der Waals surface area contributed by atoms with Gasteiger partial charge in [-0.15, -0.1) is 0 Å². The first-order valence-corrected chi connectivity index (χ1v) is 6.50. The lowest BCUT2D eigenvalue weighted by Crippen LogP contribution is -2.13. The molecule has 96 valence electrons. The van der Waals surface area contributed by atoms with Gasteiger partial charge in [0.05, 0.1) is 6.61 Å². The molecule has 0 atom stereocenters. The molecular weight excluding hydrogens is 298 g/mol. The fourth-order valence-electron chi connectivity index (χ4n) is 1.93. The van der Waals surface area contributed by atoms with Gasteiger partial charge in [0.2, 0.25) is 0 Å². The van der Waals surface area contributed by atoms with Crippen molar-refractivity contribution >= 4 is 21.9 Å². The Balaban J connectivity index is 1.95. The van der Waals surface area contributed by atoms with Gasteiger partial charge in [0.15, 0.2) is 0 Å². The smallest absolute Gasteiger partial charge is 0.328 e. The average Bonchev–Trinajstić information content (AvgIpc) is 2.75. The molecule has 1 aromatic carbocycles. The molecule has 0 saturated heterocycles. The van der Waals surface area contributed by atoms with Crippen LogP contribution in [0.25, 0.3) is 0 Å². The van der Waals surface area contributed by atoms with Crippen LogP contribution in [0.2, 0.25) is 0 Å². The number of carboxylic acid groups (broad SMARTS) is 1. The van der Waals surface area contributed by atoms with E-state index in [0.29, 0.717) is 13.1 Å². The molecule has 18 heavy (non-hydrogen) atoms. The molecule has 1 heterocycles. The lowest BCUT2D eigenvalue weighted by Gasteiger charge is -2.09. The van der Waals surface area contributed by atoms with Gasteiger partial charge in [-0.3, -0.25) is 0 Å². The summed E-state index contributed by atoms with van der Waals surface area (Å²) in [6.45, 7) is 1.91. The molecule has 0 aliphatic carbocycles. The Labute approximate surface area is 114 Å². The Morgan fingerprint density at radius 2 is 2.39 bits per heavy atom. The van der Waals surface area contributed by atoms with Gasteiger partial charge in [-0.1, -0.05) is 22.0 Å².